The molecule has 2 aliphatic carbocycles. The molecule has 1 amide bonds. The molecule has 0 aromatic heterocycles. The zero-order valence-corrected chi connectivity index (χ0v) is 16.3. The summed E-state index contributed by atoms with van der Waals surface area (Å²) in [6, 6.07) is 7.11. The van der Waals surface area contributed by atoms with Gasteiger partial charge in [0.15, 0.2) is 0 Å². The average Bonchev–Trinajstić information content (AvgIpc) is 3.07. The molecule has 0 radical (unpaired) electrons. The molecule has 1 aromatic rings. The van der Waals surface area contributed by atoms with Gasteiger partial charge in [-0.05, 0) is 54.4 Å². The lowest BCUT2D eigenvalue weighted by molar-refractivity contribution is -0.123. The maximum atomic E-state index is 12.8. The SMILES string of the molecule is COc1ccc(/C=C/C(=O)N2[C@@H]3C[C@H]4CC[C@]3(CS2(=O)=O)C4(C)C)cc1. The molecule has 1 spiro atoms. The molecule has 6 heteroatoms. The molecule has 5 nitrogen and oxygen atoms in total. The summed E-state index contributed by atoms with van der Waals surface area (Å²) in [6.07, 6.45) is 5.83. The highest BCUT2D eigenvalue weighted by molar-refractivity contribution is 7.90. The van der Waals surface area contributed by atoms with E-state index in [-0.39, 0.29) is 22.6 Å². The molecular formula is C20H25NO4S. The third-order valence-corrected chi connectivity index (χ3v) is 9.08. The van der Waals surface area contributed by atoms with E-state index < -0.39 is 15.9 Å². The highest BCUT2D eigenvalue weighted by Crippen LogP contribution is 2.69. The van der Waals surface area contributed by atoms with Crippen molar-refractivity contribution in [1.29, 1.82) is 0 Å². The van der Waals surface area contributed by atoms with Crippen molar-refractivity contribution in [1.82, 2.24) is 4.31 Å². The summed E-state index contributed by atoms with van der Waals surface area (Å²) in [4.78, 5) is 12.8. The summed E-state index contributed by atoms with van der Waals surface area (Å²) in [5.41, 5.74) is 0.526. The predicted molar refractivity (Wildman–Crippen MR) is 100 cm³/mol. The minimum Gasteiger partial charge on any atom is -0.497 e. The van der Waals surface area contributed by atoms with E-state index in [0.717, 1.165) is 30.6 Å². The second-order valence-electron chi connectivity index (χ2n) is 8.36. The van der Waals surface area contributed by atoms with Crippen molar-refractivity contribution in [3.8, 4) is 5.75 Å². The highest BCUT2D eigenvalue weighted by Gasteiger charge is 2.72. The Balaban J connectivity index is 1.61. The number of carbonyl (C=O) groups excluding carboxylic acids is 1. The number of rotatable bonds is 3. The van der Waals surface area contributed by atoms with E-state index in [2.05, 4.69) is 13.8 Å². The first kappa shape index (κ1) is 17.6. The van der Waals surface area contributed by atoms with Gasteiger partial charge in [0, 0.05) is 11.5 Å². The first-order valence-electron chi connectivity index (χ1n) is 9.09. The quantitative estimate of drug-likeness (QED) is 0.762. The fourth-order valence-corrected chi connectivity index (χ4v) is 8.04. The van der Waals surface area contributed by atoms with Crippen molar-refractivity contribution in [3.05, 3.63) is 35.9 Å². The van der Waals surface area contributed by atoms with Crippen molar-refractivity contribution < 1.29 is 17.9 Å². The number of hydrogen-bond donors (Lipinski definition) is 0. The average molecular weight is 375 g/mol. The smallest absolute Gasteiger partial charge is 0.260 e. The van der Waals surface area contributed by atoms with Gasteiger partial charge in [-0.2, -0.15) is 0 Å². The van der Waals surface area contributed by atoms with E-state index in [1.165, 1.54) is 10.4 Å². The maximum Gasteiger partial charge on any atom is 0.260 e. The third kappa shape index (κ3) is 2.27. The van der Waals surface area contributed by atoms with Crippen LogP contribution in [0.25, 0.3) is 6.08 Å². The number of hydrogen-bond acceptors (Lipinski definition) is 4. The number of sulfonamides is 1. The van der Waals surface area contributed by atoms with E-state index in [1.54, 1.807) is 13.2 Å². The van der Waals surface area contributed by atoms with Crippen molar-refractivity contribution >= 4 is 22.0 Å². The van der Waals surface area contributed by atoms with Crippen LogP contribution < -0.4 is 4.74 Å². The predicted octanol–water partition coefficient (Wildman–Crippen LogP) is 3.08. The van der Waals surface area contributed by atoms with E-state index >= 15 is 0 Å². The first-order chi connectivity index (χ1) is 12.2. The Morgan fingerprint density at radius 1 is 1.27 bits per heavy atom. The van der Waals surface area contributed by atoms with Crippen LogP contribution in [0, 0.1) is 16.7 Å². The molecule has 3 aliphatic rings. The lowest BCUT2D eigenvalue weighted by atomic mass is 9.69. The molecule has 2 bridgehead atoms. The molecule has 0 unspecified atom stereocenters. The normalized spacial score (nSPS) is 33.6. The Morgan fingerprint density at radius 3 is 2.58 bits per heavy atom. The van der Waals surface area contributed by atoms with Gasteiger partial charge in [-0.3, -0.25) is 4.79 Å². The van der Waals surface area contributed by atoms with Gasteiger partial charge in [0.05, 0.1) is 18.9 Å². The maximum absolute atomic E-state index is 12.8. The summed E-state index contributed by atoms with van der Waals surface area (Å²) < 4.78 is 32.0. The highest BCUT2D eigenvalue weighted by atomic mass is 32.2. The zero-order chi connectivity index (χ0) is 18.7. The summed E-state index contributed by atoms with van der Waals surface area (Å²) in [6.45, 7) is 4.36. The number of nitrogens with zero attached hydrogens (tertiary/aromatic N) is 1. The van der Waals surface area contributed by atoms with Crippen LogP contribution in [0.2, 0.25) is 0 Å². The van der Waals surface area contributed by atoms with Crippen LogP contribution in [0.15, 0.2) is 30.3 Å². The minimum atomic E-state index is -3.56. The lowest BCUT2D eigenvalue weighted by Crippen LogP contribution is -2.43. The molecule has 3 fully saturated rings. The fourth-order valence-electron chi connectivity index (χ4n) is 5.54. The Bertz CT molecular complexity index is 872. The number of amides is 1. The number of ether oxygens (including phenoxy) is 1. The Labute approximate surface area is 155 Å². The van der Waals surface area contributed by atoms with Crippen LogP contribution >= 0.6 is 0 Å². The van der Waals surface area contributed by atoms with Gasteiger partial charge in [0.1, 0.15) is 5.75 Å². The van der Waals surface area contributed by atoms with Crippen LogP contribution in [0.3, 0.4) is 0 Å². The summed E-state index contributed by atoms with van der Waals surface area (Å²) >= 11 is 0. The summed E-state index contributed by atoms with van der Waals surface area (Å²) in [5, 5.41) is 0. The molecule has 0 N–H and O–H groups in total. The van der Waals surface area contributed by atoms with Crippen LogP contribution in [0.4, 0.5) is 0 Å². The van der Waals surface area contributed by atoms with E-state index in [4.69, 9.17) is 4.74 Å². The van der Waals surface area contributed by atoms with Crippen molar-refractivity contribution in [2.24, 2.45) is 16.7 Å². The van der Waals surface area contributed by atoms with Crippen LogP contribution in [0.5, 0.6) is 5.75 Å². The van der Waals surface area contributed by atoms with Crippen molar-refractivity contribution in [2.75, 3.05) is 12.9 Å². The van der Waals surface area contributed by atoms with Crippen molar-refractivity contribution in [2.45, 2.75) is 39.2 Å². The summed E-state index contributed by atoms with van der Waals surface area (Å²) in [5.74, 6) is 0.924. The second kappa shape index (κ2) is 5.59. The van der Waals surface area contributed by atoms with Gasteiger partial charge in [-0.1, -0.05) is 26.0 Å². The van der Waals surface area contributed by atoms with Gasteiger partial charge < -0.3 is 4.74 Å². The standard InChI is InChI=1S/C20H25NO4S/c1-19(2)15-10-11-20(19)13-26(23,24)21(17(20)12-15)18(22)9-6-14-4-7-16(25-3)8-5-14/h4-9,15,17H,10-13H2,1-3H3/b9-6+/t15-,17-,20-/m1/s1. The minimum absolute atomic E-state index is 0.0283. The Kier molecular flexibility index (Phi) is 3.78. The van der Waals surface area contributed by atoms with Crippen LogP contribution in [-0.4, -0.2) is 37.5 Å². The molecule has 1 aliphatic heterocycles. The molecule has 140 valence electrons. The number of methoxy groups -OCH3 is 1. The van der Waals surface area contributed by atoms with Gasteiger partial charge in [0.2, 0.25) is 10.0 Å². The fraction of sp³-hybridized carbons (Fsp3) is 0.550. The van der Waals surface area contributed by atoms with E-state index in [9.17, 15) is 13.2 Å². The first-order valence-corrected chi connectivity index (χ1v) is 10.7. The number of carbonyl (C=O) groups is 1. The lowest BCUT2D eigenvalue weighted by Gasteiger charge is -2.36. The molecule has 2 saturated carbocycles. The molecule has 1 aromatic carbocycles. The number of fused-ring (bicyclic) bond motifs is 1. The molecule has 1 heterocycles. The molecule has 3 atom stereocenters. The van der Waals surface area contributed by atoms with Gasteiger partial charge in [0.25, 0.3) is 5.91 Å². The number of benzene rings is 1. The largest absolute Gasteiger partial charge is 0.497 e. The van der Waals surface area contributed by atoms with Crippen LogP contribution in [0.1, 0.15) is 38.7 Å². The van der Waals surface area contributed by atoms with Gasteiger partial charge >= 0.3 is 0 Å². The monoisotopic (exact) mass is 375 g/mol. The molecule has 4 rings (SSSR count). The Hall–Kier alpha value is -1.82. The Morgan fingerprint density at radius 2 is 1.96 bits per heavy atom. The van der Waals surface area contributed by atoms with E-state index in [1.807, 2.05) is 24.3 Å². The van der Waals surface area contributed by atoms with E-state index in [0.29, 0.717) is 5.92 Å². The van der Waals surface area contributed by atoms with Gasteiger partial charge in [-0.15, -0.1) is 0 Å². The molecule has 1 saturated heterocycles. The third-order valence-electron chi connectivity index (χ3n) is 7.16. The summed E-state index contributed by atoms with van der Waals surface area (Å²) in [7, 11) is -1.97. The van der Waals surface area contributed by atoms with Crippen LogP contribution in [-0.2, 0) is 14.8 Å². The van der Waals surface area contributed by atoms with Gasteiger partial charge in [-0.25, -0.2) is 12.7 Å². The second-order valence-corrected chi connectivity index (χ2v) is 10.2. The van der Waals surface area contributed by atoms with Crippen molar-refractivity contribution in [3.63, 3.8) is 0 Å². The molecule has 26 heavy (non-hydrogen) atoms. The topological polar surface area (TPSA) is 63.7 Å². The zero-order valence-electron chi connectivity index (χ0n) is 15.4. The molecular weight excluding hydrogens is 350 g/mol.